The number of aliphatic hydroxyl groups is 2. The summed E-state index contributed by atoms with van der Waals surface area (Å²) in [6, 6.07) is 37.4. The van der Waals surface area contributed by atoms with Gasteiger partial charge in [-0.15, -0.1) is 0 Å². The molecule has 4 N–H and O–H groups in total. The van der Waals surface area contributed by atoms with Gasteiger partial charge in [0.15, 0.2) is 0 Å². The Labute approximate surface area is 193 Å². The maximum absolute atomic E-state index is 10.9. The molecule has 2 aromatic heterocycles. The largest absolute Gasteiger partial charge is 0.382 e. The molecular formula is C29H26N2O2. The van der Waals surface area contributed by atoms with Crippen molar-refractivity contribution in [3.05, 3.63) is 155 Å². The Morgan fingerprint density at radius 1 is 0.394 bits per heavy atom. The predicted molar refractivity (Wildman–Crippen MR) is 130 cm³/mol. The number of aromatic nitrogens is 2. The molecule has 0 aliphatic heterocycles. The second-order valence-electron chi connectivity index (χ2n) is 8.21. The zero-order valence-electron chi connectivity index (χ0n) is 18.1. The van der Waals surface area contributed by atoms with Crippen LogP contribution in [-0.4, -0.2) is 20.2 Å². The molecule has 0 fully saturated rings. The first-order chi connectivity index (χ1) is 16.2. The fourth-order valence-electron chi connectivity index (χ4n) is 4.32. The lowest BCUT2D eigenvalue weighted by Gasteiger charge is -2.17. The molecule has 5 aromatic rings. The van der Waals surface area contributed by atoms with Gasteiger partial charge in [-0.2, -0.15) is 0 Å². The Morgan fingerprint density at radius 3 is 1.12 bits per heavy atom. The van der Waals surface area contributed by atoms with Crippen LogP contribution < -0.4 is 0 Å². The predicted octanol–water partition coefficient (Wildman–Crippen LogP) is 5.69. The zero-order valence-corrected chi connectivity index (χ0v) is 18.1. The van der Waals surface area contributed by atoms with Crippen LogP contribution in [0.15, 0.2) is 115 Å². The lowest BCUT2D eigenvalue weighted by molar-refractivity contribution is 0.216. The first-order valence-electron chi connectivity index (χ1n) is 11.1. The summed E-state index contributed by atoms with van der Waals surface area (Å²) >= 11 is 0. The van der Waals surface area contributed by atoms with Crippen molar-refractivity contribution in [1.82, 2.24) is 9.97 Å². The van der Waals surface area contributed by atoms with Gasteiger partial charge in [0, 0.05) is 22.8 Å². The quantitative estimate of drug-likeness (QED) is 0.266. The fraction of sp³-hybridized carbons (Fsp3) is 0.103. The van der Waals surface area contributed by atoms with Gasteiger partial charge in [0.25, 0.3) is 0 Å². The van der Waals surface area contributed by atoms with Crippen molar-refractivity contribution in [2.24, 2.45) is 0 Å². The second-order valence-corrected chi connectivity index (χ2v) is 8.21. The summed E-state index contributed by atoms with van der Waals surface area (Å²) in [6.07, 6.45) is -1.45. The highest BCUT2D eigenvalue weighted by Gasteiger charge is 2.23. The number of hydrogen-bond acceptors (Lipinski definition) is 2. The summed E-state index contributed by atoms with van der Waals surface area (Å²) < 4.78 is 0. The highest BCUT2D eigenvalue weighted by molar-refractivity contribution is 5.41. The molecular weight excluding hydrogens is 408 g/mol. The Bertz CT molecular complexity index is 1210. The first kappa shape index (κ1) is 21.0. The zero-order chi connectivity index (χ0) is 22.6. The van der Waals surface area contributed by atoms with Crippen LogP contribution in [-0.2, 0) is 0 Å². The van der Waals surface area contributed by atoms with Gasteiger partial charge in [-0.05, 0) is 41.0 Å². The molecule has 0 radical (unpaired) electrons. The van der Waals surface area contributed by atoms with Crippen LogP contribution in [0.2, 0.25) is 0 Å². The van der Waals surface area contributed by atoms with E-state index in [0.717, 1.165) is 39.5 Å². The molecule has 0 aliphatic carbocycles. The first-order valence-corrected chi connectivity index (χ1v) is 11.1. The minimum Gasteiger partial charge on any atom is -0.382 e. The van der Waals surface area contributed by atoms with Crippen LogP contribution in [0.4, 0.5) is 0 Å². The van der Waals surface area contributed by atoms with E-state index in [2.05, 4.69) is 22.1 Å². The number of H-pyrrole nitrogens is 2. The summed E-state index contributed by atoms with van der Waals surface area (Å²) in [7, 11) is 0. The van der Waals surface area contributed by atoms with E-state index < -0.39 is 12.2 Å². The van der Waals surface area contributed by atoms with Crippen molar-refractivity contribution >= 4 is 0 Å². The van der Waals surface area contributed by atoms with Crippen molar-refractivity contribution in [2.45, 2.75) is 18.1 Å². The SMILES string of the molecule is OC(c1ccccc1)c1ccc(C(c2ccccc2)c2ccc(C(O)c3ccccc3)[nH]2)[nH]1. The van der Waals surface area contributed by atoms with Gasteiger partial charge in [0.2, 0.25) is 0 Å². The molecule has 4 nitrogen and oxygen atoms in total. The molecule has 3 aromatic carbocycles. The molecule has 4 heteroatoms. The lowest BCUT2D eigenvalue weighted by atomic mass is 9.93. The summed E-state index contributed by atoms with van der Waals surface area (Å²) in [5.41, 5.74) is 6.22. The number of nitrogens with one attached hydrogen (secondary N) is 2. The minimum atomic E-state index is -0.726. The van der Waals surface area contributed by atoms with E-state index >= 15 is 0 Å². The molecule has 5 rings (SSSR count). The van der Waals surface area contributed by atoms with Crippen LogP contribution in [0.1, 0.15) is 57.6 Å². The number of rotatable bonds is 7. The molecule has 0 bridgehead atoms. The van der Waals surface area contributed by atoms with Gasteiger partial charge in [-0.1, -0.05) is 91.0 Å². The van der Waals surface area contributed by atoms with Crippen LogP contribution in [0.25, 0.3) is 0 Å². The van der Waals surface area contributed by atoms with Gasteiger partial charge in [-0.25, -0.2) is 0 Å². The van der Waals surface area contributed by atoms with Gasteiger partial charge < -0.3 is 20.2 Å². The summed E-state index contributed by atoms with van der Waals surface area (Å²) in [5, 5.41) is 21.7. The molecule has 0 aliphatic rings. The van der Waals surface area contributed by atoms with E-state index in [1.807, 2.05) is 103 Å². The monoisotopic (exact) mass is 434 g/mol. The molecule has 164 valence electrons. The maximum Gasteiger partial charge on any atom is 0.119 e. The third-order valence-corrected chi connectivity index (χ3v) is 6.04. The molecule has 0 amide bonds. The molecule has 33 heavy (non-hydrogen) atoms. The third-order valence-electron chi connectivity index (χ3n) is 6.04. The van der Waals surface area contributed by atoms with Gasteiger partial charge in [0.05, 0.1) is 5.92 Å². The number of hydrogen-bond donors (Lipinski definition) is 4. The minimum absolute atomic E-state index is 0.0975. The fourth-order valence-corrected chi connectivity index (χ4v) is 4.32. The smallest absolute Gasteiger partial charge is 0.119 e. The van der Waals surface area contributed by atoms with Crippen molar-refractivity contribution in [2.75, 3.05) is 0 Å². The topological polar surface area (TPSA) is 72.0 Å². The van der Waals surface area contributed by atoms with E-state index in [1.54, 1.807) is 0 Å². The highest BCUT2D eigenvalue weighted by atomic mass is 16.3. The summed E-state index contributed by atoms with van der Waals surface area (Å²) in [5.74, 6) is -0.0975. The summed E-state index contributed by atoms with van der Waals surface area (Å²) in [6.45, 7) is 0. The van der Waals surface area contributed by atoms with Gasteiger partial charge >= 0.3 is 0 Å². The summed E-state index contributed by atoms with van der Waals surface area (Å²) in [4.78, 5) is 6.89. The third kappa shape index (κ3) is 4.40. The Balaban J connectivity index is 1.50. The lowest BCUT2D eigenvalue weighted by Crippen LogP contribution is -2.07. The molecule has 0 spiro atoms. The second kappa shape index (κ2) is 9.33. The number of aromatic amines is 2. The average molecular weight is 435 g/mol. The van der Waals surface area contributed by atoms with Crippen LogP contribution >= 0.6 is 0 Å². The highest BCUT2D eigenvalue weighted by Crippen LogP contribution is 2.34. The van der Waals surface area contributed by atoms with Gasteiger partial charge in [-0.3, -0.25) is 0 Å². The van der Waals surface area contributed by atoms with Crippen LogP contribution in [0.3, 0.4) is 0 Å². The van der Waals surface area contributed by atoms with Crippen molar-refractivity contribution in [1.29, 1.82) is 0 Å². The van der Waals surface area contributed by atoms with Crippen LogP contribution in [0, 0.1) is 0 Å². The van der Waals surface area contributed by atoms with E-state index in [4.69, 9.17) is 0 Å². The molecule has 0 saturated carbocycles. The van der Waals surface area contributed by atoms with Crippen molar-refractivity contribution < 1.29 is 10.2 Å². The molecule has 2 unspecified atom stereocenters. The van der Waals surface area contributed by atoms with Crippen molar-refractivity contribution in [3.63, 3.8) is 0 Å². The number of aliphatic hydroxyl groups excluding tert-OH is 2. The molecule has 0 saturated heterocycles. The number of benzene rings is 3. The van der Waals surface area contributed by atoms with Crippen LogP contribution in [0.5, 0.6) is 0 Å². The average Bonchev–Trinajstić information content (AvgIpc) is 3.56. The maximum atomic E-state index is 10.9. The Kier molecular flexibility index (Phi) is 5.94. The molecule has 2 atom stereocenters. The normalized spacial score (nSPS) is 14.0. The Morgan fingerprint density at radius 2 is 0.727 bits per heavy atom. The van der Waals surface area contributed by atoms with Crippen molar-refractivity contribution in [3.8, 4) is 0 Å². The van der Waals surface area contributed by atoms with Gasteiger partial charge in [0.1, 0.15) is 12.2 Å². The molecule has 2 heterocycles. The standard InChI is InChI=1S/C29H26N2O2/c32-28(21-12-6-2-7-13-21)25-18-16-23(30-25)27(20-10-4-1-5-11-20)24-17-19-26(31-24)29(33)22-14-8-3-9-15-22/h1-19,27-33H. The Hall–Kier alpha value is -3.86. The van der Waals surface area contributed by atoms with E-state index in [0.29, 0.717) is 0 Å². The van der Waals surface area contributed by atoms with E-state index in [1.165, 1.54) is 0 Å². The van der Waals surface area contributed by atoms with E-state index in [-0.39, 0.29) is 5.92 Å². The van der Waals surface area contributed by atoms with E-state index in [9.17, 15) is 10.2 Å².